The van der Waals surface area contributed by atoms with Gasteiger partial charge in [-0.3, -0.25) is 14.5 Å². The van der Waals surface area contributed by atoms with Crippen molar-refractivity contribution in [2.75, 3.05) is 13.1 Å². The van der Waals surface area contributed by atoms with E-state index in [0.717, 1.165) is 6.42 Å². The molecule has 0 aliphatic carbocycles. The number of carboxylic acids is 1. The zero-order valence-corrected chi connectivity index (χ0v) is 12.4. The predicted molar refractivity (Wildman–Crippen MR) is 76.7 cm³/mol. The Morgan fingerprint density at radius 1 is 1.57 bits per heavy atom. The molecular weight excluding hydrogens is 272 g/mol. The van der Waals surface area contributed by atoms with Gasteiger partial charge in [-0.25, -0.2) is 0 Å². The van der Waals surface area contributed by atoms with Crippen molar-refractivity contribution in [3.05, 3.63) is 24.2 Å². The maximum atomic E-state index is 12.1. The van der Waals surface area contributed by atoms with Crippen LogP contribution in [0.3, 0.4) is 0 Å². The van der Waals surface area contributed by atoms with E-state index in [9.17, 15) is 14.7 Å². The first-order valence-electron chi connectivity index (χ1n) is 7.27. The Balaban J connectivity index is 1.90. The van der Waals surface area contributed by atoms with E-state index < -0.39 is 12.0 Å². The van der Waals surface area contributed by atoms with E-state index in [1.807, 2.05) is 13.8 Å². The van der Waals surface area contributed by atoms with Gasteiger partial charge in [-0.2, -0.15) is 0 Å². The van der Waals surface area contributed by atoms with Crippen LogP contribution >= 0.6 is 0 Å². The summed E-state index contributed by atoms with van der Waals surface area (Å²) in [5, 5.41) is 12.1. The van der Waals surface area contributed by atoms with Crippen LogP contribution in [0.1, 0.15) is 38.5 Å². The predicted octanol–water partition coefficient (Wildman–Crippen LogP) is 1.64. The highest BCUT2D eigenvalue weighted by molar-refractivity contribution is 5.80. The van der Waals surface area contributed by atoms with E-state index in [1.54, 1.807) is 23.3 Å². The highest BCUT2D eigenvalue weighted by Crippen LogP contribution is 2.22. The van der Waals surface area contributed by atoms with Gasteiger partial charge in [0.2, 0.25) is 5.91 Å². The Hall–Kier alpha value is -1.82. The fraction of sp³-hybridized carbons (Fsp3) is 0.600. The second-order valence-corrected chi connectivity index (χ2v) is 5.76. The minimum Gasteiger partial charge on any atom is -0.480 e. The number of nitrogens with one attached hydrogen (secondary N) is 1. The summed E-state index contributed by atoms with van der Waals surface area (Å²) in [5.74, 6) is 0.0333. The van der Waals surface area contributed by atoms with E-state index in [4.69, 9.17) is 4.42 Å². The van der Waals surface area contributed by atoms with Gasteiger partial charge < -0.3 is 14.8 Å². The Labute approximate surface area is 124 Å². The molecule has 0 saturated carbocycles. The van der Waals surface area contributed by atoms with Gasteiger partial charge >= 0.3 is 5.97 Å². The molecule has 1 aliphatic rings. The van der Waals surface area contributed by atoms with Crippen molar-refractivity contribution in [1.82, 2.24) is 10.2 Å². The summed E-state index contributed by atoms with van der Waals surface area (Å²) in [6.45, 7) is 4.63. The zero-order chi connectivity index (χ0) is 15.4. The quantitative estimate of drug-likeness (QED) is 0.862. The fourth-order valence-corrected chi connectivity index (χ4v) is 2.72. The van der Waals surface area contributed by atoms with Crippen LogP contribution in [0.15, 0.2) is 22.8 Å². The minimum atomic E-state index is -0.853. The second-order valence-electron chi connectivity index (χ2n) is 5.76. The third-order valence-corrected chi connectivity index (χ3v) is 3.95. The van der Waals surface area contributed by atoms with Gasteiger partial charge in [-0.05, 0) is 44.4 Å². The van der Waals surface area contributed by atoms with Crippen molar-refractivity contribution in [1.29, 1.82) is 0 Å². The number of rotatable bonds is 5. The van der Waals surface area contributed by atoms with E-state index in [-0.39, 0.29) is 18.5 Å². The Bertz CT molecular complexity index is 486. The molecule has 0 spiro atoms. The molecule has 0 aromatic carbocycles. The van der Waals surface area contributed by atoms with Crippen molar-refractivity contribution in [2.45, 2.75) is 38.8 Å². The molecule has 1 saturated heterocycles. The molecule has 3 unspecified atom stereocenters. The largest absolute Gasteiger partial charge is 0.480 e. The van der Waals surface area contributed by atoms with Crippen LogP contribution in [0.2, 0.25) is 0 Å². The average Bonchev–Trinajstić information content (AvgIpc) is 2.94. The fourth-order valence-electron chi connectivity index (χ4n) is 2.72. The number of amides is 1. The molecule has 1 aromatic rings. The molecule has 6 heteroatoms. The summed E-state index contributed by atoms with van der Waals surface area (Å²) in [4.78, 5) is 25.1. The molecule has 1 fully saturated rings. The maximum Gasteiger partial charge on any atom is 0.320 e. The van der Waals surface area contributed by atoms with Crippen molar-refractivity contribution >= 4 is 11.9 Å². The summed E-state index contributed by atoms with van der Waals surface area (Å²) < 4.78 is 5.24. The lowest BCUT2D eigenvalue weighted by Crippen LogP contribution is -2.50. The molecule has 1 aromatic heterocycles. The van der Waals surface area contributed by atoms with Gasteiger partial charge in [0, 0.05) is 0 Å². The van der Waals surface area contributed by atoms with Crippen LogP contribution in [-0.4, -0.2) is 41.0 Å². The molecule has 0 radical (unpaired) electrons. The van der Waals surface area contributed by atoms with Gasteiger partial charge in [0.15, 0.2) is 0 Å². The summed E-state index contributed by atoms with van der Waals surface area (Å²) >= 11 is 0. The van der Waals surface area contributed by atoms with Crippen LogP contribution in [-0.2, 0) is 9.59 Å². The van der Waals surface area contributed by atoms with E-state index in [1.165, 1.54) is 0 Å². The summed E-state index contributed by atoms with van der Waals surface area (Å²) in [6.07, 6.45) is 3.08. The molecule has 21 heavy (non-hydrogen) atoms. The van der Waals surface area contributed by atoms with Gasteiger partial charge in [-0.15, -0.1) is 0 Å². The second kappa shape index (κ2) is 6.76. The molecule has 1 amide bonds. The number of nitrogens with zero attached hydrogens (tertiary/aromatic N) is 1. The van der Waals surface area contributed by atoms with Crippen LogP contribution in [0.25, 0.3) is 0 Å². The first-order valence-corrected chi connectivity index (χ1v) is 7.27. The smallest absolute Gasteiger partial charge is 0.320 e. The zero-order valence-electron chi connectivity index (χ0n) is 12.4. The summed E-state index contributed by atoms with van der Waals surface area (Å²) in [5.41, 5.74) is 0. The van der Waals surface area contributed by atoms with E-state index in [0.29, 0.717) is 24.6 Å². The topological polar surface area (TPSA) is 82.8 Å². The Kier molecular flexibility index (Phi) is 5.01. The highest BCUT2D eigenvalue weighted by Gasteiger charge is 2.32. The molecule has 6 nitrogen and oxygen atoms in total. The van der Waals surface area contributed by atoms with Gasteiger partial charge in [0.1, 0.15) is 11.8 Å². The lowest BCUT2D eigenvalue weighted by molar-refractivity contribution is -0.146. The Morgan fingerprint density at radius 3 is 2.95 bits per heavy atom. The standard InChI is InChI=1S/C15H22N2O4/c1-10-5-6-17(12(8-10)15(19)20)9-14(18)16-11(2)13-4-3-7-21-13/h3-4,7,10-12H,5-6,8-9H2,1-2H3,(H,16,18)(H,19,20). The van der Waals surface area contributed by atoms with E-state index >= 15 is 0 Å². The summed E-state index contributed by atoms with van der Waals surface area (Å²) in [6, 6.07) is 2.77. The normalized spacial score (nSPS) is 24.5. The number of piperidine rings is 1. The monoisotopic (exact) mass is 294 g/mol. The number of furan rings is 1. The van der Waals surface area contributed by atoms with Crippen molar-refractivity contribution < 1.29 is 19.1 Å². The van der Waals surface area contributed by atoms with Crippen LogP contribution in [0, 0.1) is 5.92 Å². The van der Waals surface area contributed by atoms with Crippen LogP contribution in [0.5, 0.6) is 0 Å². The van der Waals surface area contributed by atoms with Crippen LogP contribution in [0.4, 0.5) is 0 Å². The molecular formula is C15H22N2O4. The SMILES string of the molecule is CC1CCN(CC(=O)NC(C)c2ccco2)C(C(=O)O)C1. The number of likely N-dealkylation sites (tertiary alicyclic amines) is 1. The molecule has 1 aliphatic heterocycles. The van der Waals surface area contributed by atoms with Gasteiger partial charge in [0.05, 0.1) is 18.8 Å². The third-order valence-electron chi connectivity index (χ3n) is 3.95. The van der Waals surface area contributed by atoms with Gasteiger partial charge in [0.25, 0.3) is 0 Å². The minimum absolute atomic E-state index is 0.106. The lowest BCUT2D eigenvalue weighted by atomic mass is 9.92. The number of carbonyl (C=O) groups is 2. The first-order chi connectivity index (χ1) is 9.97. The summed E-state index contributed by atoms with van der Waals surface area (Å²) in [7, 11) is 0. The Morgan fingerprint density at radius 2 is 2.33 bits per heavy atom. The third kappa shape index (κ3) is 4.07. The average molecular weight is 294 g/mol. The van der Waals surface area contributed by atoms with Gasteiger partial charge in [-0.1, -0.05) is 6.92 Å². The van der Waals surface area contributed by atoms with Crippen molar-refractivity contribution in [3.8, 4) is 0 Å². The van der Waals surface area contributed by atoms with Crippen LogP contribution < -0.4 is 5.32 Å². The number of hydrogen-bond acceptors (Lipinski definition) is 4. The highest BCUT2D eigenvalue weighted by atomic mass is 16.4. The molecule has 116 valence electrons. The van der Waals surface area contributed by atoms with E-state index in [2.05, 4.69) is 5.32 Å². The number of hydrogen-bond donors (Lipinski definition) is 2. The number of carboxylic acid groups (broad SMARTS) is 1. The first kappa shape index (κ1) is 15.6. The maximum absolute atomic E-state index is 12.1. The molecule has 0 bridgehead atoms. The molecule has 2 rings (SSSR count). The van der Waals surface area contributed by atoms with Crippen molar-refractivity contribution in [3.63, 3.8) is 0 Å². The molecule has 2 heterocycles. The van der Waals surface area contributed by atoms with Crippen molar-refractivity contribution in [2.24, 2.45) is 5.92 Å². The number of carbonyl (C=O) groups excluding carboxylic acids is 1. The lowest BCUT2D eigenvalue weighted by Gasteiger charge is -2.35. The molecule has 3 atom stereocenters. The number of aliphatic carboxylic acids is 1. The molecule has 2 N–H and O–H groups in total.